The number of nitriles is 1. The molecule has 1 aromatic rings. The number of sulfonamides is 1. The smallest absolute Gasteiger partial charge is 0.244 e. The zero-order chi connectivity index (χ0) is 14.8. The van der Waals surface area contributed by atoms with Crippen LogP contribution in [0.15, 0.2) is 23.1 Å². The Morgan fingerprint density at radius 1 is 1.50 bits per heavy atom. The average molecular weight is 296 g/mol. The molecule has 0 bridgehead atoms. The van der Waals surface area contributed by atoms with Gasteiger partial charge in [-0.2, -0.15) is 5.26 Å². The molecule has 7 heteroatoms. The maximum Gasteiger partial charge on any atom is 0.244 e. The third-order valence-electron chi connectivity index (χ3n) is 3.40. The van der Waals surface area contributed by atoms with Gasteiger partial charge in [0.1, 0.15) is 10.6 Å². The van der Waals surface area contributed by atoms with Crippen molar-refractivity contribution in [2.24, 2.45) is 5.92 Å². The topological polar surface area (TPSA) is 99.4 Å². The summed E-state index contributed by atoms with van der Waals surface area (Å²) < 4.78 is 32.2. The lowest BCUT2D eigenvalue weighted by Crippen LogP contribution is -2.45. The summed E-state index contributed by atoms with van der Waals surface area (Å²) in [6.45, 7) is 0.0818. The molecular formula is C13H16N2O4S. The van der Waals surface area contributed by atoms with Gasteiger partial charge in [-0.15, -0.1) is 0 Å². The third-order valence-corrected chi connectivity index (χ3v) is 4.96. The van der Waals surface area contributed by atoms with Gasteiger partial charge in [-0.3, -0.25) is 0 Å². The van der Waals surface area contributed by atoms with Crippen LogP contribution in [0.2, 0.25) is 0 Å². The van der Waals surface area contributed by atoms with Crippen molar-refractivity contribution in [1.82, 2.24) is 4.72 Å². The number of aliphatic hydroxyl groups excluding tert-OH is 1. The molecule has 20 heavy (non-hydrogen) atoms. The number of hydrogen-bond donors (Lipinski definition) is 2. The van der Waals surface area contributed by atoms with Gasteiger partial charge < -0.3 is 9.84 Å². The van der Waals surface area contributed by atoms with E-state index in [0.717, 1.165) is 0 Å². The molecule has 2 rings (SSSR count). The number of aliphatic hydroxyl groups is 1. The number of nitrogens with zero attached hydrogens (tertiary/aromatic N) is 1. The van der Waals surface area contributed by atoms with Gasteiger partial charge in [0.2, 0.25) is 10.0 Å². The Labute approximate surface area is 118 Å². The van der Waals surface area contributed by atoms with E-state index in [1.807, 2.05) is 6.07 Å². The highest BCUT2D eigenvalue weighted by molar-refractivity contribution is 7.89. The molecular weight excluding hydrogens is 280 g/mol. The van der Waals surface area contributed by atoms with Crippen LogP contribution in [-0.2, 0) is 10.0 Å². The predicted octanol–water partition coefficient (Wildman–Crippen LogP) is 0.616. The zero-order valence-electron chi connectivity index (χ0n) is 11.0. The summed E-state index contributed by atoms with van der Waals surface area (Å²) in [5, 5.41) is 17.7. The van der Waals surface area contributed by atoms with Crippen LogP contribution in [-0.4, -0.2) is 33.3 Å². The Morgan fingerprint density at radius 2 is 2.20 bits per heavy atom. The molecule has 0 saturated heterocycles. The molecule has 0 radical (unpaired) electrons. The van der Waals surface area contributed by atoms with Crippen molar-refractivity contribution >= 4 is 10.0 Å². The molecule has 0 spiro atoms. The van der Waals surface area contributed by atoms with E-state index in [-0.39, 0.29) is 29.2 Å². The lowest BCUT2D eigenvalue weighted by Gasteiger charge is -2.34. The van der Waals surface area contributed by atoms with Gasteiger partial charge in [0.05, 0.1) is 18.7 Å². The van der Waals surface area contributed by atoms with Crippen LogP contribution in [0.5, 0.6) is 5.75 Å². The maximum absolute atomic E-state index is 12.3. The molecule has 0 atom stereocenters. The van der Waals surface area contributed by atoms with Crippen molar-refractivity contribution in [3.63, 3.8) is 0 Å². The van der Waals surface area contributed by atoms with Crippen LogP contribution in [0.25, 0.3) is 0 Å². The first kappa shape index (κ1) is 14.8. The molecule has 2 N–H and O–H groups in total. The summed E-state index contributed by atoms with van der Waals surface area (Å²) in [5.74, 6) is 0.320. The van der Waals surface area contributed by atoms with Gasteiger partial charge in [-0.25, -0.2) is 13.1 Å². The summed E-state index contributed by atoms with van der Waals surface area (Å²) in [7, 11) is -2.32. The molecule has 108 valence electrons. The van der Waals surface area contributed by atoms with Crippen LogP contribution in [0.3, 0.4) is 0 Å². The number of rotatable bonds is 5. The van der Waals surface area contributed by atoms with Gasteiger partial charge in [-0.1, -0.05) is 0 Å². The molecule has 0 aromatic heterocycles. The quantitative estimate of drug-likeness (QED) is 0.829. The highest BCUT2D eigenvalue weighted by Gasteiger charge is 2.33. The van der Waals surface area contributed by atoms with Crippen molar-refractivity contribution in [3.05, 3.63) is 23.8 Å². The molecule has 1 saturated carbocycles. The second kappa shape index (κ2) is 5.79. The monoisotopic (exact) mass is 296 g/mol. The van der Waals surface area contributed by atoms with E-state index in [2.05, 4.69) is 4.72 Å². The van der Waals surface area contributed by atoms with Crippen molar-refractivity contribution < 1.29 is 18.3 Å². The van der Waals surface area contributed by atoms with Gasteiger partial charge in [-0.05, 0) is 37.0 Å². The minimum Gasteiger partial charge on any atom is -0.495 e. The minimum absolute atomic E-state index is 0.0199. The molecule has 6 nitrogen and oxygen atoms in total. The number of methoxy groups -OCH3 is 1. The van der Waals surface area contributed by atoms with E-state index in [4.69, 9.17) is 15.1 Å². The number of hydrogen-bond acceptors (Lipinski definition) is 5. The summed E-state index contributed by atoms with van der Waals surface area (Å²) >= 11 is 0. The van der Waals surface area contributed by atoms with E-state index in [9.17, 15) is 8.42 Å². The molecule has 1 aliphatic rings. The molecule has 1 aliphatic carbocycles. The average Bonchev–Trinajstić information content (AvgIpc) is 2.41. The highest BCUT2D eigenvalue weighted by atomic mass is 32.2. The second-order valence-electron chi connectivity index (χ2n) is 4.82. The first-order valence-corrected chi connectivity index (χ1v) is 7.69. The van der Waals surface area contributed by atoms with Gasteiger partial charge in [0.25, 0.3) is 0 Å². The van der Waals surface area contributed by atoms with E-state index in [1.165, 1.54) is 25.3 Å². The summed E-state index contributed by atoms with van der Waals surface area (Å²) in [5.41, 5.74) is 0.338. The Morgan fingerprint density at radius 3 is 2.75 bits per heavy atom. The van der Waals surface area contributed by atoms with Crippen LogP contribution in [0, 0.1) is 17.2 Å². The predicted molar refractivity (Wildman–Crippen MR) is 71.6 cm³/mol. The maximum atomic E-state index is 12.3. The first-order chi connectivity index (χ1) is 9.50. The minimum atomic E-state index is -3.69. The van der Waals surface area contributed by atoms with Crippen LogP contribution >= 0.6 is 0 Å². The lowest BCUT2D eigenvalue weighted by molar-refractivity contribution is 0.137. The normalized spacial score (nSPS) is 21.9. The number of benzene rings is 1. The largest absolute Gasteiger partial charge is 0.495 e. The molecule has 0 heterocycles. The molecule has 0 unspecified atom stereocenters. The molecule has 1 aromatic carbocycles. The van der Waals surface area contributed by atoms with Crippen LogP contribution < -0.4 is 9.46 Å². The van der Waals surface area contributed by atoms with Crippen LogP contribution in [0.4, 0.5) is 0 Å². The number of ether oxygens (including phenoxy) is 1. The van der Waals surface area contributed by atoms with Gasteiger partial charge in [0.15, 0.2) is 0 Å². The molecule has 0 aliphatic heterocycles. The summed E-state index contributed by atoms with van der Waals surface area (Å²) in [6, 6.07) is 5.98. The van der Waals surface area contributed by atoms with Gasteiger partial charge >= 0.3 is 0 Å². The fourth-order valence-corrected chi connectivity index (χ4v) is 3.64. The number of nitrogens with one attached hydrogen (secondary N) is 1. The second-order valence-corrected chi connectivity index (χ2v) is 6.50. The summed E-state index contributed by atoms with van der Waals surface area (Å²) in [4.78, 5) is 0.0199. The molecule has 0 amide bonds. The van der Waals surface area contributed by atoms with Crippen molar-refractivity contribution in [2.75, 3.05) is 13.7 Å². The fourth-order valence-electron chi connectivity index (χ4n) is 2.22. The van der Waals surface area contributed by atoms with E-state index in [1.54, 1.807) is 0 Å². The Hall–Kier alpha value is -1.62. The van der Waals surface area contributed by atoms with E-state index >= 15 is 0 Å². The van der Waals surface area contributed by atoms with Crippen molar-refractivity contribution in [2.45, 2.75) is 23.8 Å². The Bertz CT molecular complexity index is 630. The standard InChI is InChI=1S/C13H16N2O4S/c1-19-12-6-9(7-14)2-3-13(12)20(17,18)15-11-4-10(5-11)8-16/h2-3,6,10-11,15-16H,4-5,8H2,1H3. The van der Waals surface area contributed by atoms with Crippen molar-refractivity contribution in [1.29, 1.82) is 5.26 Å². The third kappa shape index (κ3) is 2.93. The van der Waals surface area contributed by atoms with Crippen molar-refractivity contribution in [3.8, 4) is 11.8 Å². The Balaban J connectivity index is 2.20. The van der Waals surface area contributed by atoms with Crippen LogP contribution in [0.1, 0.15) is 18.4 Å². The first-order valence-electron chi connectivity index (χ1n) is 6.21. The Kier molecular flexibility index (Phi) is 4.28. The van der Waals surface area contributed by atoms with Gasteiger partial charge in [0, 0.05) is 12.6 Å². The fraction of sp³-hybridized carbons (Fsp3) is 0.462. The summed E-state index contributed by atoms with van der Waals surface area (Å²) in [6.07, 6.45) is 1.27. The lowest BCUT2D eigenvalue weighted by atomic mass is 9.82. The highest BCUT2D eigenvalue weighted by Crippen LogP contribution is 2.30. The van der Waals surface area contributed by atoms with E-state index < -0.39 is 10.0 Å². The SMILES string of the molecule is COc1cc(C#N)ccc1S(=O)(=O)NC1CC(CO)C1. The molecule has 1 fully saturated rings. The zero-order valence-corrected chi connectivity index (χ0v) is 11.9. The van der Waals surface area contributed by atoms with E-state index in [0.29, 0.717) is 18.4 Å².